The van der Waals surface area contributed by atoms with Crippen LogP contribution in [0.4, 0.5) is 4.79 Å². The van der Waals surface area contributed by atoms with E-state index >= 15 is 0 Å². The number of hydrogen-bond donors (Lipinski definition) is 5. The number of fused-ring (bicyclic) bond motifs is 1. The second-order valence-electron chi connectivity index (χ2n) is 33.6. The van der Waals surface area contributed by atoms with Gasteiger partial charge in [0, 0.05) is 43.4 Å². The summed E-state index contributed by atoms with van der Waals surface area (Å²) < 4.78 is 68.8. The molecule has 3 aromatic carbocycles. The zero-order valence-corrected chi connectivity index (χ0v) is 69.1. The van der Waals surface area contributed by atoms with Crippen LogP contribution in [-0.2, 0) is 72.9 Å². The first kappa shape index (κ1) is 90.9. The fraction of sp³-hybridized carbons (Fsp3) is 0.714. The van der Waals surface area contributed by atoms with Crippen molar-refractivity contribution in [2.45, 2.75) is 295 Å². The number of ether oxygens (including phenoxy) is 11. The van der Waals surface area contributed by atoms with E-state index in [2.05, 4.69) is 0 Å². The van der Waals surface area contributed by atoms with Gasteiger partial charge in [-0.1, -0.05) is 108 Å². The zero-order valence-electron chi connectivity index (χ0n) is 69.1. The van der Waals surface area contributed by atoms with Crippen LogP contribution < -0.4 is 0 Å². The Morgan fingerprint density at radius 2 is 0.964 bits per heavy atom. The minimum absolute atomic E-state index is 0.0219. The number of benzene rings is 3. The second-order valence-corrected chi connectivity index (χ2v) is 33.6. The molecule has 5 aliphatic rings. The molecular formula is C84H130N4O22. The van der Waals surface area contributed by atoms with E-state index < -0.39 is 162 Å². The first-order valence-corrected chi connectivity index (χ1v) is 39.4. The van der Waals surface area contributed by atoms with Crippen LogP contribution in [0.5, 0.6) is 0 Å². The van der Waals surface area contributed by atoms with Gasteiger partial charge < -0.3 is 92.3 Å². The van der Waals surface area contributed by atoms with Gasteiger partial charge >= 0.3 is 36.0 Å². The van der Waals surface area contributed by atoms with Gasteiger partial charge in [-0.05, 0) is 198 Å². The highest BCUT2D eigenvalue weighted by molar-refractivity contribution is 5.90. The lowest BCUT2D eigenvalue weighted by atomic mass is 9.77. The monoisotopic (exact) mass is 1550 g/mol. The van der Waals surface area contributed by atoms with E-state index in [0.29, 0.717) is 49.9 Å². The Hall–Kier alpha value is -6.24. The Kier molecular flexibility index (Phi) is 32.4. The fourth-order valence-corrected chi connectivity index (χ4v) is 17.1. The lowest BCUT2D eigenvalue weighted by Gasteiger charge is -2.47. The number of aryl methyl sites for hydroxylation is 1. The van der Waals surface area contributed by atoms with Crippen molar-refractivity contribution in [2.75, 3.05) is 55.4 Å². The SMILES string of the molecule is CC[C@H]1OC(=O)[C@H](C)[C@@H](O)[C@H](C)[C@@H](O[C@@H]2O[C@H](C)C[C@H](N(C)C)[C@H]2OC(=O)c2ccccc2)[C@](C)(O)C[C@@H](C)CN(C)[C@H](C)[C@@H](O)[C@]1(C)O.CC[C@H]1OC(=O)[C@H](C)[C@@H](OC(=O)CCc2ccccc2)[C@H](C)[C@@H](O[C@@H]2O[C@H](C)C[C@H](N(C)C)[C@H]2OC(=O)c2ccccc2)[C@](C)(O)C[C@@H](C)CN(C)[C@H](C)[C@H]2OC(=O)O[C@@]21C. The Bertz CT molecular complexity index is 3420. The molecule has 0 amide bonds. The summed E-state index contributed by atoms with van der Waals surface area (Å²) in [6.45, 7) is 29.1. The molecule has 0 aromatic heterocycles. The van der Waals surface area contributed by atoms with Crippen LogP contribution in [0, 0.1) is 35.5 Å². The van der Waals surface area contributed by atoms with Crippen LogP contribution >= 0.6 is 0 Å². The van der Waals surface area contributed by atoms with Gasteiger partial charge in [0.1, 0.15) is 30.0 Å². The van der Waals surface area contributed by atoms with E-state index in [9.17, 15) is 54.3 Å². The summed E-state index contributed by atoms with van der Waals surface area (Å²) in [5, 5.41) is 59.5. The predicted octanol–water partition coefficient (Wildman–Crippen LogP) is 9.05. The summed E-state index contributed by atoms with van der Waals surface area (Å²) in [5.74, 6) is -7.33. The number of esters is 5. The average molecular weight is 1550 g/mol. The molecule has 8 rings (SSSR count). The molecule has 5 fully saturated rings. The van der Waals surface area contributed by atoms with Crippen molar-refractivity contribution < 1.29 is 106 Å². The van der Waals surface area contributed by atoms with Crippen molar-refractivity contribution in [2.24, 2.45) is 35.5 Å². The van der Waals surface area contributed by atoms with Gasteiger partial charge in [0.05, 0.1) is 76.8 Å². The summed E-state index contributed by atoms with van der Waals surface area (Å²) in [5.41, 5.74) is -4.66. The molecule has 110 heavy (non-hydrogen) atoms. The summed E-state index contributed by atoms with van der Waals surface area (Å²) in [4.78, 5) is 89.5. The molecule has 5 heterocycles. The van der Waals surface area contributed by atoms with E-state index in [1.54, 1.807) is 104 Å². The predicted molar refractivity (Wildman–Crippen MR) is 411 cm³/mol. The number of nitrogens with zero attached hydrogens (tertiary/aromatic N) is 4. The molecule has 0 radical (unpaired) electrons. The zero-order chi connectivity index (χ0) is 81.8. The number of cyclic esters (lactones) is 2. The van der Waals surface area contributed by atoms with Gasteiger partial charge in [0.15, 0.2) is 36.5 Å². The molecule has 3 aromatic rings. The third kappa shape index (κ3) is 22.6. The van der Waals surface area contributed by atoms with E-state index in [1.165, 1.54) is 13.8 Å². The van der Waals surface area contributed by atoms with Crippen molar-refractivity contribution in [3.8, 4) is 0 Å². The molecule has 5 N–H and O–H groups in total. The smallest absolute Gasteiger partial charge is 0.461 e. The molecule has 0 unspecified atom stereocenters. The van der Waals surface area contributed by atoms with Gasteiger partial charge in [-0.25, -0.2) is 14.4 Å². The molecule has 618 valence electrons. The maximum absolute atomic E-state index is 14.5. The summed E-state index contributed by atoms with van der Waals surface area (Å²) >= 11 is 0. The highest BCUT2D eigenvalue weighted by Gasteiger charge is 2.59. The Morgan fingerprint density at radius 1 is 0.545 bits per heavy atom. The molecule has 5 aliphatic heterocycles. The van der Waals surface area contributed by atoms with Crippen molar-refractivity contribution in [1.29, 1.82) is 0 Å². The lowest BCUT2D eigenvalue weighted by Crippen LogP contribution is -2.60. The van der Waals surface area contributed by atoms with E-state index in [-0.39, 0.29) is 67.9 Å². The number of hydrogen-bond acceptors (Lipinski definition) is 26. The Labute approximate surface area is 652 Å². The maximum Gasteiger partial charge on any atom is 0.509 e. The van der Waals surface area contributed by atoms with Gasteiger partial charge in [-0.3, -0.25) is 19.3 Å². The van der Waals surface area contributed by atoms with Crippen molar-refractivity contribution in [3.63, 3.8) is 0 Å². The summed E-state index contributed by atoms with van der Waals surface area (Å²) in [7, 11) is 11.3. The average Bonchev–Trinajstić information content (AvgIpc) is 1.52. The molecule has 0 bridgehead atoms. The summed E-state index contributed by atoms with van der Waals surface area (Å²) in [6, 6.07) is 25.3. The van der Waals surface area contributed by atoms with Gasteiger partial charge in [0.2, 0.25) is 0 Å². The van der Waals surface area contributed by atoms with Crippen LogP contribution in [0.2, 0.25) is 0 Å². The highest BCUT2D eigenvalue weighted by Crippen LogP contribution is 2.43. The minimum atomic E-state index is -1.78. The first-order chi connectivity index (χ1) is 51.5. The van der Waals surface area contributed by atoms with Crippen molar-refractivity contribution >= 4 is 36.0 Å². The quantitative estimate of drug-likeness (QED) is 0.0659. The molecule has 0 aliphatic carbocycles. The van der Waals surface area contributed by atoms with Crippen molar-refractivity contribution in [3.05, 3.63) is 108 Å². The minimum Gasteiger partial charge on any atom is -0.461 e. The molecule has 0 saturated carbocycles. The second kappa shape index (κ2) is 39.2. The Morgan fingerprint density at radius 3 is 1.41 bits per heavy atom. The topological polar surface area (TPSA) is 318 Å². The van der Waals surface area contributed by atoms with Crippen LogP contribution in [0.25, 0.3) is 0 Å². The van der Waals surface area contributed by atoms with E-state index in [1.807, 2.05) is 146 Å². The molecule has 26 heteroatoms. The lowest BCUT2D eigenvalue weighted by molar-refractivity contribution is -0.298. The van der Waals surface area contributed by atoms with Crippen LogP contribution in [0.1, 0.15) is 182 Å². The van der Waals surface area contributed by atoms with E-state index in [0.717, 1.165) is 5.56 Å². The fourth-order valence-electron chi connectivity index (χ4n) is 17.1. The normalized spacial score (nSPS) is 39.1. The van der Waals surface area contributed by atoms with Crippen LogP contribution in [-0.4, -0.2) is 269 Å². The number of aliphatic hydroxyl groups is 5. The largest absolute Gasteiger partial charge is 0.509 e. The van der Waals surface area contributed by atoms with E-state index in [4.69, 9.17) is 52.1 Å². The molecular weight excluding hydrogens is 1420 g/mol. The number of carbonyl (C=O) groups excluding carboxylic acids is 6. The Balaban J connectivity index is 0.000000314. The number of rotatable bonds is 16. The third-order valence-corrected chi connectivity index (χ3v) is 23.5. The number of carbonyl (C=O) groups is 6. The summed E-state index contributed by atoms with van der Waals surface area (Å²) in [6.07, 6.45) is -12.0. The molecule has 26 nitrogen and oxygen atoms in total. The third-order valence-electron chi connectivity index (χ3n) is 23.5. The maximum atomic E-state index is 14.5. The van der Waals surface area contributed by atoms with Crippen molar-refractivity contribution in [1.82, 2.24) is 19.6 Å². The standard InChI is InChI=1S/C47H68N2O12.C37H62N2O10/c1-12-36-47(8)41(60-45(53)61-47)32(6)49(11)27-28(2)26-46(7,54)40(30(4)38(31(5)42(51)56-36)57-37(50)24-23-33-19-15-13-16-20-33)59-44-39(35(48(9)10)25-29(3)55-44)58-43(52)34-21-17-14-18-22-34;1-12-28-37(8,45)31(41)25(6)39(11)20-21(2)19-36(7,44)32(23(4)29(40)24(5)33(42)47-28)49-35-30(27(38(9)10)18-22(3)46-35)48-34(43)26-16-14-13-15-17-26/h13-22,28-32,35-36,38-41,44,54H,12,23-27H2,1-11H3;13-17,21-25,27-32,35,40-41,44-45H,12,18-20H2,1-11H3/t28-,29-,30+,31-,32-,35+,36-,38+,39-,40-,41-,44+,46-,47-;21-,22-,23+,24-,25-,27+,28-,29+,30-,31-,32-,35+,36-,37-/m11/s1. The van der Waals surface area contributed by atoms with Gasteiger partial charge in [0.25, 0.3) is 0 Å². The molecule has 0 spiro atoms. The van der Waals surface area contributed by atoms with Crippen LogP contribution in [0.15, 0.2) is 91.0 Å². The van der Waals surface area contributed by atoms with Crippen LogP contribution in [0.3, 0.4) is 0 Å². The number of aliphatic hydroxyl groups excluding tert-OH is 2. The molecule has 5 saturated heterocycles. The van der Waals surface area contributed by atoms with Gasteiger partial charge in [-0.2, -0.15) is 0 Å². The van der Waals surface area contributed by atoms with Gasteiger partial charge in [-0.15, -0.1) is 0 Å². The molecule has 28 atom stereocenters. The number of likely N-dealkylation sites (N-methyl/N-ethyl adjacent to an activating group) is 4. The first-order valence-electron chi connectivity index (χ1n) is 39.4. The highest BCUT2D eigenvalue weighted by atomic mass is 16.8.